The van der Waals surface area contributed by atoms with Crippen molar-refractivity contribution in [1.82, 2.24) is 0 Å². The molecule has 3 nitrogen and oxygen atoms in total. The van der Waals surface area contributed by atoms with Gasteiger partial charge < -0.3 is 9.84 Å². The van der Waals surface area contributed by atoms with E-state index in [2.05, 4.69) is 0 Å². The Morgan fingerprint density at radius 2 is 1.80 bits per heavy atom. The fraction of sp³-hybridized carbons (Fsp3) is 0.0625. The van der Waals surface area contributed by atoms with Gasteiger partial charge in [-0.05, 0) is 29.8 Å². The third kappa shape index (κ3) is 3.03. The zero-order valence-corrected chi connectivity index (χ0v) is 10.8. The van der Waals surface area contributed by atoms with Crippen molar-refractivity contribution < 1.29 is 19.0 Å². The summed E-state index contributed by atoms with van der Waals surface area (Å²) in [5, 5.41) is 9.25. The van der Waals surface area contributed by atoms with Crippen molar-refractivity contribution in [3.05, 3.63) is 65.5 Å². The highest BCUT2D eigenvalue weighted by atomic mass is 19.1. The zero-order chi connectivity index (χ0) is 14.5. The number of ether oxygens (including phenoxy) is 1. The Bertz CT molecular complexity index is 645. The first-order chi connectivity index (χ1) is 9.61. The minimum Gasteiger partial charge on any atom is -0.497 e. The van der Waals surface area contributed by atoms with Crippen molar-refractivity contribution in [3.63, 3.8) is 0 Å². The van der Waals surface area contributed by atoms with Crippen molar-refractivity contribution in [2.45, 2.75) is 0 Å². The fourth-order valence-corrected chi connectivity index (χ4v) is 1.80. The molecule has 0 atom stereocenters. The molecule has 2 aromatic carbocycles. The lowest BCUT2D eigenvalue weighted by molar-refractivity contribution is -0.130. The summed E-state index contributed by atoms with van der Waals surface area (Å²) in [6.45, 7) is 0. The lowest BCUT2D eigenvalue weighted by Crippen LogP contribution is -2.01. The molecule has 20 heavy (non-hydrogen) atoms. The van der Waals surface area contributed by atoms with Crippen molar-refractivity contribution in [1.29, 1.82) is 0 Å². The molecule has 0 radical (unpaired) electrons. The van der Waals surface area contributed by atoms with Gasteiger partial charge in [0.05, 0.1) is 12.7 Å². The number of aliphatic carboxylic acids is 1. The second kappa shape index (κ2) is 6.02. The molecule has 0 bridgehead atoms. The van der Waals surface area contributed by atoms with Crippen LogP contribution in [0, 0.1) is 5.82 Å². The minimum absolute atomic E-state index is 0.0656. The molecule has 0 aliphatic rings. The van der Waals surface area contributed by atoms with Crippen molar-refractivity contribution in [3.8, 4) is 5.75 Å². The quantitative estimate of drug-likeness (QED) is 0.685. The maximum atomic E-state index is 13.7. The van der Waals surface area contributed by atoms with Crippen LogP contribution in [0.25, 0.3) is 11.6 Å². The van der Waals surface area contributed by atoms with Gasteiger partial charge in [-0.15, -0.1) is 0 Å². The van der Waals surface area contributed by atoms with E-state index in [9.17, 15) is 14.3 Å². The van der Waals surface area contributed by atoms with Crippen LogP contribution in [0.3, 0.4) is 0 Å². The molecule has 102 valence electrons. The molecule has 4 heteroatoms. The van der Waals surface area contributed by atoms with Crippen LogP contribution in [-0.2, 0) is 4.79 Å². The van der Waals surface area contributed by atoms with E-state index < -0.39 is 11.8 Å². The highest BCUT2D eigenvalue weighted by molar-refractivity contribution is 6.20. The number of hydrogen-bond acceptors (Lipinski definition) is 2. The van der Waals surface area contributed by atoms with Gasteiger partial charge in [-0.3, -0.25) is 0 Å². The molecule has 0 fully saturated rings. The first-order valence-electron chi connectivity index (χ1n) is 5.96. The van der Waals surface area contributed by atoms with Gasteiger partial charge in [-0.2, -0.15) is 0 Å². The number of carbonyl (C=O) groups is 1. The first-order valence-corrected chi connectivity index (χ1v) is 5.96. The summed E-state index contributed by atoms with van der Waals surface area (Å²) in [6, 6.07) is 12.7. The maximum absolute atomic E-state index is 13.7. The summed E-state index contributed by atoms with van der Waals surface area (Å²) in [6.07, 6.45) is 1.43. The Hall–Kier alpha value is -2.62. The van der Waals surface area contributed by atoms with Crippen molar-refractivity contribution in [2.75, 3.05) is 7.11 Å². The van der Waals surface area contributed by atoms with Crippen LogP contribution in [0.5, 0.6) is 5.75 Å². The summed E-state index contributed by atoms with van der Waals surface area (Å²) < 4.78 is 18.7. The number of benzene rings is 2. The topological polar surface area (TPSA) is 46.5 Å². The normalized spacial score (nSPS) is 11.2. The Morgan fingerprint density at radius 1 is 1.15 bits per heavy atom. The molecule has 0 aliphatic carbocycles. The lowest BCUT2D eigenvalue weighted by Gasteiger charge is -2.05. The predicted octanol–water partition coefficient (Wildman–Crippen LogP) is 3.46. The van der Waals surface area contributed by atoms with Gasteiger partial charge in [0, 0.05) is 5.56 Å². The van der Waals surface area contributed by atoms with Crippen LogP contribution in [0.2, 0.25) is 0 Å². The van der Waals surface area contributed by atoms with E-state index in [1.54, 1.807) is 37.4 Å². The molecule has 0 aromatic heterocycles. The monoisotopic (exact) mass is 272 g/mol. The molecule has 1 N–H and O–H groups in total. The third-order valence-corrected chi connectivity index (χ3v) is 2.82. The van der Waals surface area contributed by atoms with Crippen LogP contribution < -0.4 is 4.74 Å². The second-order valence-corrected chi connectivity index (χ2v) is 4.12. The zero-order valence-electron chi connectivity index (χ0n) is 10.8. The first kappa shape index (κ1) is 13.8. The summed E-state index contributed by atoms with van der Waals surface area (Å²) >= 11 is 0. The molecular weight excluding hydrogens is 259 g/mol. The summed E-state index contributed by atoms with van der Waals surface area (Å²) in [5.41, 5.74) is 0.635. The predicted molar refractivity (Wildman–Crippen MR) is 74.9 cm³/mol. The van der Waals surface area contributed by atoms with E-state index >= 15 is 0 Å². The Balaban J connectivity index is 2.45. The number of halogens is 1. The van der Waals surface area contributed by atoms with Crippen molar-refractivity contribution in [2.24, 2.45) is 0 Å². The maximum Gasteiger partial charge on any atom is 0.336 e. The fourth-order valence-electron chi connectivity index (χ4n) is 1.80. The number of carboxylic acids is 1. The highest BCUT2D eigenvalue weighted by Gasteiger charge is 2.14. The molecule has 0 spiro atoms. The van der Waals surface area contributed by atoms with E-state index in [-0.39, 0.29) is 11.1 Å². The molecule has 2 rings (SSSR count). The molecule has 0 heterocycles. The molecule has 0 aliphatic heterocycles. The lowest BCUT2D eigenvalue weighted by atomic mass is 10.0. The summed E-state index contributed by atoms with van der Waals surface area (Å²) in [5.74, 6) is -1.06. The van der Waals surface area contributed by atoms with Gasteiger partial charge in [-0.1, -0.05) is 30.3 Å². The van der Waals surface area contributed by atoms with E-state index in [1.807, 2.05) is 0 Å². The van der Waals surface area contributed by atoms with Crippen LogP contribution >= 0.6 is 0 Å². The van der Waals surface area contributed by atoms with Crippen LogP contribution in [-0.4, -0.2) is 18.2 Å². The van der Waals surface area contributed by atoms with Gasteiger partial charge in [0.15, 0.2) is 0 Å². The molecule has 0 saturated heterocycles. The second-order valence-electron chi connectivity index (χ2n) is 4.12. The third-order valence-electron chi connectivity index (χ3n) is 2.82. The van der Waals surface area contributed by atoms with E-state index in [0.29, 0.717) is 11.3 Å². The molecule has 0 saturated carbocycles. The average Bonchev–Trinajstić information content (AvgIpc) is 2.46. The molecular formula is C16H13FO3. The summed E-state index contributed by atoms with van der Waals surface area (Å²) in [7, 11) is 1.55. The van der Waals surface area contributed by atoms with Gasteiger partial charge >= 0.3 is 5.97 Å². The standard InChI is InChI=1S/C16H13FO3/c1-20-12-8-6-11(7-9-12)10-14(16(18)19)13-4-2-3-5-15(13)17/h2-10H,1H3,(H,18,19)/b14-10+. The Kier molecular flexibility index (Phi) is 4.15. The van der Waals surface area contributed by atoms with Gasteiger partial charge in [0.1, 0.15) is 11.6 Å². The van der Waals surface area contributed by atoms with Gasteiger partial charge in [-0.25, -0.2) is 9.18 Å². The van der Waals surface area contributed by atoms with Crippen LogP contribution in [0.15, 0.2) is 48.5 Å². The molecule has 0 unspecified atom stereocenters. The van der Waals surface area contributed by atoms with Gasteiger partial charge in [0.25, 0.3) is 0 Å². The number of rotatable bonds is 4. The average molecular weight is 272 g/mol. The Morgan fingerprint density at radius 3 is 2.35 bits per heavy atom. The Labute approximate surface area is 115 Å². The van der Waals surface area contributed by atoms with Crippen molar-refractivity contribution >= 4 is 17.6 Å². The molecule has 2 aromatic rings. The molecule has 0 amide bonds. The van der Waals surface area contributed by atoms with E-state index in [0.717, 1.165) is 0 Å². The number of carboxylic acid groups (broad SMARTS) is 1. The summed E-state index contributed by atoms with van der Waals surface area (Å²) in [4.78, 5) is 11.3. The van der Waals surface area contributed by atoms with E-state index in [4.69, 9.17) is 4.74 Å². The van der Waals surface area contributed by atoms with Crippen LogP contribution in [0.4, 0.5) is 4.39 Å². The number of hydrogen-bond donors (Lipinski definition) is 1. The minimum atomic E-state index is -1.18. The SMILES string of the molecule is COc1ccc(/C=C(/C(=O)O)c2ccccc2F)cc1. The largest absolute Gasteiger partial charge is 0.497 e. The van der Waals surface area contributed by atoms with E-state index in [1.165, 1.54) is 24.3 Å². The van der Waals surface area contributed by atoms with Gasteiger partial charge in [0.2, 0.25) is 0 Å². The van der Waals surface area contributed by atoms with Crippen LogP contribution in [0.1, 0.15) is 11.1 Å². The highest BCUT2D eigenvalue weighted by Crippen LogP contribution is 2.22. The smallest absolute Gasteiger partial charge is 0.336 e. The number of methoxy groups -OCH3 is 1.